The van der Waals surface area contributed by atoms with Crippen LogP contribution in [0.3, 0.4) is 0 Å². The molecule has 2 aliphatic carbocycles. The van der Waals surface area contributed by atoms with Gasteiger partial charge in [0.15, 0.2) is 0 Å². The van der Waals surface area contributed by atoms with E-state index in [0.717, 1.165) is 11.8 Å². The molecule has 2 aliphatic rings. The molecule has 3 atom stereocenters. The zero-order chi connectivity index (χ0) is 7.14. The minimum Gasteiger partial charge on any atom is -0.324 e. The van der Waals surface area contributed by atoms with Crippen molar-refractivity contribution in [2.24, 2.45) is 17.6 Å². The lowest BCUT2D eigenvalue weighted by Crippen LogP contribution is -2.21. The maximum atomic E-state index is 5.86. The maximum absolute atomic E-state index is 5.86. The van der Waals surface area contributed by atoms with Crippen molar-refractivity contribution in [1.29, 1.82) is 0 Å². The van der Waals surface area contributed by atoms with E-state index in [1.807, 2.05) is 0 Å². The zero-order valence-corrected chi connectivity index (χ0v) is 6.34. The summed E-state index contributed by atoms with van der Waals surface area (Å²) in [7, 11) is 0. The van der Waals surface area contributed by atoms with Crippen LogP contribution in [0.25, 0.3) is 0 Å². The number of hydrogen-bond donors (Lipinski definition) is 1. The van der Waals surface area contributed by atoms with E-state index < -0.39 is 0 Å². The largest absolute Gasteiger partial charge is 0.324 e. The third-order valence-electron chi connectivity index (χ3n) is 2.97. The Kier molecular flexibility index (Phi) is 1.34. The van der Waals surface area contributed by atoms with Crippen molar-refractivity contribution in [2.45, 2.75) is 31.7 Å². The quantitative estimate of drug-likeness (QED) is 0.505. The minimum atomic E-state index is 0.313. The summed E-state index contributed by atoms with van der Waals surface area (Å²) >= 11 is 0. The van der Waals surface area contributed by atoms with E-state index in [4.69, 9.17) is 5.73 Å². The van der Waals surface area contributed by atoms with Crippen LogP contribution in [0, 0.1) is 11.8 Å². The molecule has 2 fully saturated rings. The minimum absolute atomic E-state index is 0.313. The van der Waals surface area contributed by atoms with Crippen molar-refractivity contribution in [2.75, 3.05) is 0 Å². The summed E-state index contributed by atoms with van der Waals surface area (Å²) in [6.45, 7) is 4.01. The molecule has 56 valence electrons. The summed E-state index contributed by atoms with van der Waals surface area (Å²) in [5.41, 5.74) is 7.16. The zero-order valence-electron chi connectivity index (χ0n) is 6.34. The van der Waals surface area contributed by atoms with Gasteiger partial charge in [0.25, 0.3) is 0 Å². The molecule has 0 spiro atoms. The normalized spacial score (nSPS) is 46.1. The average molecular weight is 137 g/mol. The molecule has 2 unspecified atom stereocenters. The van der Waals surface area contributed by atoms with Gasteiger partial charge in [-0.3, -0.25) is 0 Å². The molecule has 0 radical (unpaired) electrons. The Balaban J connectivity index is 2.03. The van der Waals surface area contributed by atoms with Crippen molar-refractivity contribution >= 4 is 0 Å². The van der Waals surface area contributed by atoms with Crippen LogP contribution in [-0.2, 0) is 0 Å². The SMILES string of the molecule is C=C1C[C@@H]2CC2CCC1N. The molecule has 10 heavy (non-hydrogen) atoms. The molecule has 1 heteroatoms. The van der Waals surface area contributed by atoms with Crippen molar-refractivity contribution in [3.63, 3.8) is 0 Å². The highest BCUT2D eigenvalue weighted by molar-refractivity contribution is 5.11. The molecule has 1 nitrogen and oxygen atoms in total. The Morgan fingerprint density at radius 3 is 2.90 bits per heavy atom. The van der Waals surface area contributed by atoms with Crippen LogP contribution in [-0.4, -0.2) is 6.04 Å². The molecule has 2 saturated carbocycles. The molecular formula is C9H15N. The first kappa shape index (κ1) is 6.41. The lowest BCUT2D eigenvalue weighted by Gasteiger charge is -2.10. The Hall–Kier alpha value is -0.300. The highest BCUT2D eigenvalue weighted by atomic mass is 14.7. The predicted molar refractivity (Wildman–Crippen MR) is 42.6 cm³/mol. The Labute approximate surface area is 62.3 Å². The van der Waals surface area contributed by atoms with E-state index in [1.54, 1.807) is 0 Å². The summed E-state index contributed by atoms with van der Waals surface area (Å²) in [5.74, 6) is 1.99. The highest BCUT2D eigenvalue weighted by Crippen LogP contribution is 2.48. The van der Waals surface area contributed by atoms with Gasteiger partial charge in [-0.1, -0.05) is 12.2 Å². The summed E-state index contributed by atoms with van der Waals surface area (Å²) in [5, 5.41) is 0. The molecule has 0 amide bonds. The number of hydrogen-bond acceptors (Lipinski definition) is 1. The summed E-state index contributed by atoms with van der Waals surface area (Å²) in [6.07, 6.45) is 5.20. The van der Waals surface area contributed by atoms with Crippen molar-refractivity contribution < 1.29 is 0 Å². The molecular weight excluding hydrogens is 122 g/mol. The van der Waals surface area contributed by atoms with E-state index in [2.05, 4.69) is 6.58 Å². The van der Waals surface area contributed by atoms with Gasteiger partial charge in [-0.2, -0.15) is 0 Å². The van der Waals surface area contributed by atoms with Gasteiger partial charge in [-0.15, -0.1) is 0 Å². The van der Waals surface area contributed by atoms with Gasteiger partial charge in [0.2, 0.25) is 0 Å². The molecule has 0 heterocycles. The van der Waals surface area contributed by atoms with Gasteiger partial charge < -0.3 is 5.73 Å². The number of nitrogens with two attached hydrogens (primary N) is 1. The highest BCUT2D eigenvalue weighted by Gasteiger charge is 2.39. The fraction of sp³-hybridized carbons (Fsp3) is 0.778. The number of fused-ring (bicyclic) bond motifs is 1. The Morgan fingerprint density at radius 1 is 1.30 bits per heavy atom. The molecule has 2 rings (SSSR count). The predicted octanol–water partition coefficient (Wildman–Crippen LogP) is 1.69. The third-order valence-corrected chi connectivity index (χ3v) is 2.97. The standard InChI is InChI=1S/C9H15N/c1-6-4-8-5-7(8)2-3-9(6)10/h7-9H,1-5,10H2/t7?,8-,9?/m1/s1. The molecule has 0 aromatic rings. The van der Waals surface area contributed by atoms with Crippen molar-refractivity contribution in [1.82, 2.24) is 0 Å². The van der Waals surface area contributed by atoms with E-state index >= 15 is 0 Å². The van der Waals surface area contributed by atoms with Gasteiger partial charge in [0.1, 0.15) is 0 Å². The van der Waals surface area contributed by atoms with Gasteiger partial charge in [0, 0.05) is 6.04 Å². The van der Waals surface area contributed by atoms with Crippen molar-refractivity contribution in [3.8, 4) is 0 Å². The first-order valence-corrected chi connectivity index (χ1v) is 4.20. The number of rotatable bonds is 0. The van der Waals surface area contributed by atoms with Crippen LogP contribution >= 0.6 is 0 Å². The third kappa shape index (κ3) is 0.988. The average Bonchev–Trinajstić information content (AvgIpc) is 2.61. The van der Waals surface area contributed by atoms with Crippen LogP contribution in [0.5, 0.6) is 0 Å². The second kappa shape index (κ2) is 2.09. The maximum Gasteiger partial charge on any atom is 0.0251 e. The molecule has 0 saturated heterocycles. The molecule has 0 aromatic heterocycles. The van der Waals surface area contributed by atoms with Gasteiger partial charge >= 0.3 is 0 Å². The lowest BCUT2D eigenvalue weighted by molar-refractivity contribution is 0.617. The van der Waals surface area contributed by atoms with Gasteiger partial charge in [-0.25, -0.2) is 0 Å². The van der Waals surface area contributed by atoms with Crippen LogP contribution in [0.2, 0.25) is 0 Å². The smallest absolute Gasteiger partial charge is 0.0251 e. The summed E-state index contributed by atoms with van der Waals surface area (Å²) in [6, 6.07) is 0.313. The van der Waals surface area contributed by atoms with E-state index in [1.165, 1.54) is 31.3 Å². The second-order valence-corrected chi connectivity index (χ2v) is 3.80. The summed E-state index contributed by atoms with van der Waals surface area (Å²) in [4.78, 5) is 0. The van der Waals surface area contributed by atoms with Gasteiger partial charge in [0.05, 0.1) is 0 Å². The summed E-state index contributed by atoms with van der Waals surface area (Å²) < 4.78 is 0. The van der Waals surface area contributed by atoms with Crippen LogP contribution < -0.4 is 5.73 Å². The molecule has 0 aliphatic heterocycles. The van der Waals surface area contributed by atoms with E-state index in [0.29, 0.717) is 6.04 Å². The molecule has 0 aromatic carbocycles. The first-order chi connectivity index (χ1) is 4.77. The lowest BCUT2D eigenvalue weighted by atomic mass is 10.0. The van der Waals surface area contributed by atoms with E-state index in [-0.39, 0.29) is 0 Å². The fourth-order valence-corrected chi connectivity index (χ4v) is 2.00. The Morgan fingerprint density at radius 2 is 2.10 bits per heavy atom. The second-order valence-electron chi connectivity index (χ2n) is 3.80. The van der Waals surface area contributed by atoms with Crippen LogP contribution in [0.15, 0.2) is 12.2 Å². The fourth-order valence-electron chi connectivity index (χ4n) is 2.00. The van der Waals surface area contributed by atoms with Crippen LogP contribution in [0.4, 0.5) is 0 Å². The van der Waals surface area contributed by atoms with E-state index in [9.17, 15) is 0 Å². The topological polar surface area (TPSA) is 26.0 Å². The first-order valence-electron chi connectivity index (χ1n) is 4.20. The van der Waals surface area contributed by atoms with Crippen molar-refractivity contribution in [3.05, 3.63) is 12.2 Å². The van der Waals surface area contributed by atoms with Gasteiger partial charge in [-0.05, 0) is 37.5 Å². The Bertz CT molecular complexity index is 162. The monoisotopic (exact) mass is 137 g/mol. The molecule has 2 N–H and O–H groups in total. The molecule has 0 bridgehead atoms. The van der Waals surface area contributed by atoms with Crippen LogP contribution in [0.1, 0.15) is 25.7 Å².